The normalized spacial score (nSPS) is 17.0. The first-order chi connectivity index (χ1) is 9.83. The molecular weight excluding hydrogens is 252 g/mol. The zero-order chi connectivity index (χ0) is 13.8. The molecule has 1 aromatic rings. The van der Waals surface area contributed by atoms with E-state index in [2.05, 4.69) is 10.6 Å². The molecule has 3 rings (SSSR count). The Morgan fingerprint density at radius 1 is 1.30 bits per heavy atom. The van der Waals surface area contributed by atoms with Gasteiger partial charge in [0.1, 0.15) is 0 Å². The van der Waals surface area contributed by atoms with E-state index >= 15 is 0 Å². The van der Waals surface area contributed by atoms with E-state index in [-0.39, 0.29) is 5.91 Å². The second kappa shape index (κ2) is 6.37. The molecule has 0 spiro atoms. The fourth-order valence-electron chi connectivity index (χ4n) is 2.45. The third kappa shape index (κ3) is 3.58. The molecule has 108 valence electrons. The zero-order valence-electron chi connectivity index (χ0n) is 11.8. The van der Waals surface area contributed by atoms with Crippen LogP contribution in [0.2, 0.25) is 0 Å². The van der Waals surface area contributed by atoms with E-state index in [0.717, 1.165) is 44.2 Å². The van der Waals surface area contributed by atoms with E-state index < -0.39 is 0 Å². The third-order valence-corrected chi connectivity index (χ3v) is 3.90. The second-order valence-corrected chi connectivity index (χ2v) is 5.71. The van der Waals surface area contributed by atoms with Crippen molar-refractivity contribution < 1.29 is 9.53 Å². The lowest BCUT2D eigenvalue weighted by Gasteiger charge is -2.07. The van der Waals surface area contributed by atoms with Crippen LogP contribution < -0.4 is 10.6 Å². The molecule has 0 unspecified atom stereocenters. The minimum absolute atomic E-state index is 0.0156. The molecule has 0 saturated heterocycles. The van der Waals surface area contributed by atoms with Crippen LogP contribution in [0.1, 0.15) is 40.7 Å². The van der Waals surface area contributed by atoms with Crippen LogP contribution >= 0.6 is 0 Å². The molecule has 0 bridgehead atoms. The average Bonchev–Trinajstić information content (AvgIpc) is 3.17. The molecule has 0 atom stereocenters. The number of carbonyl (C=O) groups excluding carboxylic acids is 1. The predicted octanol–water partition coefficient (Wildman–Crippen LogP) is 1.84. The van der Waals surface area contributed by atoms with Gasteiger partial charge in [0, 0.05) is 38.4 Å². The molecule has 1 amide bonds. The first-order valence-corrected chi connectivity index (χ1v) is 7.51. The van der Waals surface area contributed by atoms with Gasteiger partial charge in [0.2, 0.25) is 0 Å². The van der Waals surface area contributed by atoms with Crippen molar-refractivity contribution in [3.63, 3.8) is 0 Å². The fourth-order valence-corrected chi connectivity index (χ4v) is 2.45. The number of amides is 1. The van der Waals surface area contributed by atoms with Crippen molar-refractivity contribution >= 4 is 5.91 Å². The van der Waals surface area contributed by atoms with Crippen LogP contribution in [0.3, 0.4) is 0 Å². The van der Waals surface area contributed by atoms with Gasteiger partial charge in [-0.05, 0) is 48.4 Å². The highest BCUT2D eigenvalue weighted by Crippen LogP contribution is 2.28. The van der Waals surface area contributed by atoms with Gasteiger partial charge in [0.15, 0.2) is 0 Å². The summed E-state index contributed by atoms with van der Waals surface area (Å²) in [6.07, 6.45) is 3.53. The van der Waals surface area contributed by atoms with Crippen LogP contribution in [-0.4, -0.2) is 25.7 Å². The van der Waals surface area contributed by atoms with Crippen LogP contribution in [0.25, 0.3) is 0 Å². The quantitative estimate of drug-likeness (QED) is 0.746. The highest BCUT2D eigenvalue weighted by Gasteiger charge is 2.20. The number of carbonyl (C=O) groups is 1. The summed E-state index contributed by atoms with van der Waals surface area (Å²) in [5.74, 6) is 0.825. The van der Waals surface area contributed by atoms with E-state index in [1.54, 1.807) is 0 Å². The third-order valence-electron chi connectivity index (χ3n) is 3.90. The molecule has 2 N–H and O–H groups in total. The van der Waals surface area contributed by atoms with Gasteiger partial charge in [-0.25, -0.2) is 0 Å². The van der Waals surface area contributed by atoms with E-state index in [1.807, 2.05) is 18.2 Å². The Labute approximate surface area is 119 Å². The monoisotopic (exact) mass is 274 g/mol. The Hall–Kier alpha value is -1.39. The summed E-state index contributed by atoms with van der Waals surface area (Å²) in [5, 5.41) is 6.24. The van der Waals surface area contributed by atoms with Crippen molar-refractivity contribution in [2.75, 3.05) is 19.8 Å². The summed E-state index contributed by atoms with van der Waals surface area (Å²) in [6.45, 7) is 4.09. The van der Waals surface area contributed by atoms with Crippen LogP contribution in [0, 0.1) is 5.92 Å². The Balaban J connectivity index is 1.37. The van der Waals surface area contributed by atoms with E-state index in [0.29, 0.717) is 6.54 Å². The lowest BCUT2D eigenvalue weighted by atomic mass is 10.1. The predicted molar refractivity (Wildman–Crippen MR) is 77.5 cm³/mol. The zero-order valence-corrected chi connectivity index (χ0v) is 11.8. The highest BCUT2D eigenvalue weighted by atomic mass is 16.5. The van der Waals surface area contributed by atoms with Gasteiger partial charge < -0.3 is 15.4 Å². The van der Waals surface area contributed by atoms with Gasteiger partial charge in [-0.3, -0.25) is 4.79 Å². The fraction of sp³-hybridized carbons (Fsp3) is 0.562. The van der Waals surface area contributed by atoms with Crippen LogP contribution in [0.15, 0.2) is 18.2 Å². The molecule has 4 nitrogen and oxygen atoms in total. The summed E-state index contributed by atoms with van der Waals surface area (Å²) in [5.41, 5.74) is 3.30. The summed E-state index contributed by atoms with van der Waals surface area (Å²) in [7, 11) is 0. The summed E-state index contributed by atoms with van der Waals surface area (Å²) in [6, 6.07) is 5.95. The molecule has 1 saturated carbocycles. The molecule has 0 radical (unpaired) electrons. The van der Waals surface area contributed by atoms with E-state index in [1.165, 1.54) is 24.0 Å². The van der Waals surface area contributed by atoms with Crippen LogP contribution in [-0.2, 0) is 17.8 Å². The number of hydrogen-bond donors (Lipinski definition) is 2. The Bertz CT molecular complexity index is 483. The molecular formula is C16H22N2O2. The Morgan fingerprint density at radius 3 is 3.00 bits per heavy atom. The van der Waals surface area contributed by atoms with Gasteiger partial charge in [0.05, 0.1) is 0 Å². The summed E-state index contributed by atoms with van der Waals surface area (Å²) in [4.78, 5) is 12.0. The number of nitrogens with one attached hydrogen (secondary N) is 2. The van der Waals surface area contributed by atoms with Gasteiger partial charge in [-0.1, -0.05) is 6.07 Å². The van der Waals surface area contributed by atoms with Crippen LogP contribution in [0.4, 0.5) is 0 Å². The van der Waals surface area contributed by atoms with E-state index in [4.69, 9.17) is 4.74 Å². The molecule has 20 heavy (non-hydrogen) atoms. The summed E-state index contributed by atoms with van der Waals surface area (Å²) < 4.78 is 5.55. The van der Waals surface area contributed by atoms with Crippen molar-refractivity contribution in [2.45, 2.75) is 32.4 Å². The molecule has 1 heterocycles. The summed E-state index contributed by atoms with van der Waals surface area (Å²) >= 11 is 0. The van der Waals surface area contributed by atoms with Crippen molar-refractivity contribution in [3.8, 4) is 0 Å². The Morgan fingerprint density at radius 2 is 2.15 bits per heavy atom. The standard InChI is InChI=1S/C16H22N2O2/c19-16(18-6-1-7-20-11-12-2-3-12)13-4-5-14-9-17-10-15(14)8-13/h4-5,8,12,17H,1-3,6-7,9-11H2,(H,18,19). The molecule has 1 fully saturated rings. The molecule has 0 aromatic heterocycles. The highest BCUT2D eigenvalue weighted by molar-refractivity contribution is 5.94. The lowest BCUT2D eigenvalue weighted by Crippen LogP contribution is -2.25. The first kappa shape index (κ1) is 13.6. The molecule has 1 aliphatic heterocycles. The topological polar surface area (TPSA) is 50.4 Å². The van der Waals surface area contributed by atoms with Crippen LogP contribution in [0.5, 0.6) is 0 Å². The SMILES string of the molecule is O=C(NCCCOCC1CC1)c1ccc2c(c1)CNC2. The van der Waals surface area contributed by atoms with Crippen molar-refractivity contribution in [1.29, 1.82) is 0 Å². The number of rotatable bonds is 7. The molecule has 4 heteroatoms. The van der Waals surface area contributed by atoms with Crippen molar-refractivity contribution in [2.24, 2.45) is 5.92 Å². The number of ether oxygens (including phenoxy) is 1. The maximum atomic E-state index is 12.0. The van der Waals surface area contributed by atoms with Gasteiger partial charge in [-0.2, -0.15) is 0 Å². The largest absolute Gasteiger partial charge is 0.381 e. The minimum Gasteiger partial charge on any atom is -0.381 e. The molecule has 1 aliphatic carbocycles. The number of benzene rings is 1. The lowest BCUT2D eigenvalue weighted by molar-refractivity contribution is 0.0937. The van der Waals surface area contributed by atoms with Crippen molar-refractivity contribution in [1.82, 2.24) is 10.6 Å². The average molecular weight is 274 g/mol. The van der Waals surface area contributed by atoms with E-state index in [9.17, 15) is 4.79 Å². The maximum absolute atomic E-state index is 12.0. The number of hydrogen-bond acceptors (Lipinski definition) is 3. The second-order valence-electron chi connectivity index (χ2n) is 5.71. The smallest absolute Gasteiger partial charge is 0.251 e. The van der Waals surface area contributed by atoms with Gasteiger partial charge >= 0.3 is 0 Å². The molecule has 2 aliphatic rings. The number of fused-ring (bicyclic) bond motifs is 1. The van der Waals surface area contributed by atoms with Gasteiger partial charge in [-0.15, -0.1) is 0 Å². The maximum Gasteiger partial charge on any atom is 0.251 e. The van der Waals surface area contributed by atoms with Gasteiger partial charge in [0.25, 0.3) is 5.91 Å². The minimum atomic E-state index is 0.0156. The molecule has 1 aromatic carbocycles. The Kier molecular flexibility index (Phi) is 4.33. The first-order valence-electron chi connectivity index (χ1n) is 7.51. The van der Waals surface area contributed by atoms with Crippen molar-refractivity contribution in [3.05, 3.63) is 34.9 Å².